The summed E-state index contributed by atoms with van der Waals surface area (Å²) < 4.78 is 0. The lowest BCUT2D eigenvalue weighted by Crippen LogP contribution is -2.03. The maximum absolute atomic E-state index is 3.49. The SMILES string of the molecule is c1ccc2c(c1)CC[C@@H]1N[C@@H]21. The Bertz CT molecular complexity index is 293. The van der Waals surface area contributed by atoms with Gasteiger partial charge in [-0.15, -0.1) is 0 Å². The summed E-state index contributed by atoms with van der Waals surface area (Å²) in [6, 6.07) is 10.3. The predicted octanol–water partition coefficient (Wildman–Crippen LogP) is 1.65. The molecule has 3 rings (SSSR count). The van der Waals surface area contributed by atoms with Gasteiger partial charge in [-0.05, 0) is 24.0 Å². The van der Waals surface area contributed by atoms with Crippen molar-refractivity contribution in [1.29, 1.82) is 0 Å². The second kappa shape index (κ2) is 1.86. The fourth-order valence-electron chi connectivity index (χ4n) is 2.11. The van der Waals surface area contributed by atoms with E-state index in [9.17, 15) is 0 Å². The zero-order chi connectivity index (χ0) is 7.26. The molecule has 1 heterocycles. The molecule has 1 saturated heterocycles. The highest BCUT2D eigenvalue weighted by molar-refractivity contribution is 5.37. The second-order valence-corrected chi connectivity index (χ2v) is 3.49. The van der Waals surface area contributed by atoms with Crippen molar-refractivity contribution in [2.24, 2.45) is 0 Å². The Kier molecular flexibility index (Phi) is 0.977. The molecule has 1 heteroatoms. The zero-order valence-electron chi connectivity index (χ0n) is 6.38. The summed E-state index contributed by atoms with van der Waals surface area (Å²) in [5, 5.41) is 3.49. The quantitative estimate of drug-likeness (QED) is 0.551. The molecule has 0 saturated carbocycles. The molecule has 0 aromatic heterocycles. The highest BCUT2D eigenvalue weighted by atomic mass is 15.1. The average Bonchev–Trinajstić information content (AvgIpc) is 2.83. The van der Waals surface area contributed by atoms with E-state index in [-0.39, 0.29) is 0 Å². The van der Waals surface area contributed by atoms with Gasteiger partial charge in [0.2, 0.25) is 0 Å². The molecule has 1 aliphatic carbocycles. The van der Waals surface area contributed by atoms with E-state index in [0.717, 1.165) is 6.04 Å². The van der Waals surface area contributed by atoms with Crippen molar-refractivity contribution in [2.45, 2.75) is 24.9 Å². The fraction of sp³-hybridized carbons (Fsp3) is 0.400. The topological polar surface area (TPSA) is 21.9 Å². The molecule has 56 valence electrons. The smallest absolute Gasteiger partial charge is 0.0481 e. The van der Waals surface area contributed by atoms with Crippen LogP contribution < -0.4 is 5.32 Å². The molecule has 1 fully saturated rings. The number of hydrogen-bond acceptors (Lipinski definition) is 1. The number of hydrogen-bond donors (Lipinski definition) is 1. The minimum Gasteiger partial charge on any atom is -0.304 e. The summed E-state index contributed by atoms with van der Waals surface area (Å²) in [6.45, 7) is 0. The zero-order valence-corrected chi connectivity index (χ0v) is 6.38. The van der Waals surface area contributed by atoms with Gasteiger partial charge in [-0.3, -0.25) is 0 Å². The lowest BCUT2D eigenvalue weighted by Gasteiger charge is -2.11. The number of rotatable bonds is 0. The van der Waals surface area contributed by atoms with E-state index in [1.807, 2.05) is 0 Å². The van der Waals surface area contributed by atoms with Crippen molar-refractivity contribution in [2.75, 3.05) is 0 Å². The van der Waals surface area contributed by atoms with Gasteiger partial charge < -0.3 is 5.32 Å². The minimum absolute atomic E-state index is 0.708. The molecule has 0 radical (unpaired) electrons. The highest BCUT2D eigenvalue weighted by Gasteiger charge is 2.40. The normalized spacial score (nSPS) is 32.4. The van der Waals surface area contributed by atoms with Gasteiger partial charge >= 0.3 is 0 Å². The lowest BCUT2D eigenvalue weighted by atomic mass is 9.92. The fourth-order valence-corrected chi connectivity index (χ4v) is 2.11. The Morgan fingerprint density at radius 1 is 1.27 bits per heavy atom. The first kappa shape index (κ1) is 5.78. The van der Waals surface area contributed by atoms with Crippen LogP contribution in [0.1, 0.15) is 23.6 Å². The Labute approximate surface area is 66.4 Å². The number of benzene rings is 1. The highest BCUT2D eigenvalue weighted by Crippen LogP contribution is 2.39. The molecule has 0 spiro atoms. The van der Waals surface area contributed by atoms with Crippen LogP contribution in [0.4, 0.5) is 0 Å². The van der Waals surface area contributed by atoms with Gasteiger partial charge in [0.15, 0.2) is 0 Å². The van der Waals surface area contributed by atoms with Crippen LogP contribution in [0.25, 0.3) is 0 Å². The molecule has 2 atom stereocenters. The molecule has 1 aromatic rings. The average molecular weight is 145 g/mol. The maximum atomic E-state index is 3.49. The molecule has 1 aliphatic heterocycles. The summed E-state index contributed by atoms with van der Waals surface area (Å²) >= 11 is 0. The number of aryl methyl sites for hydroxylation is 1. The molecular weight excluding hydrogens is 134 g/mol. The molecule has 0 bridgehead atoms. The van der Waals surface area contributed by atoms with Gasteiger partial charge in [0.05, 0.1) is 0 Å². The molecular formula is C10H11N. The Balaban J connectivity index is 2.14. The summed E-state index contributed by atoms with van der Waals surface area (Å²) in [7, 11) is 0. The Hall–Kier alpha value is -0.820. The standard InChI is InChI=1S/C10H11N/c1-2-4-8-7(3-1)5-6-9-10(8)11-9/h1-4,9-11H,5-6H2/t9-,10-/m0/s1. The first-order valence-corrected chi connectivity index (χ1v) is 4.29. The van der Waals surface area contributed by atoms with Crippen molar-refractivity contribution >= 4 is 0 Å². The van der Waals surface area contributed by atoms with Gasteiger partial charge in [-0.2, -0.15) is 0 Å². The molecule has 1 nitrogen and oxygen atoms in total. The Morgan fingerprint density at radius 3 is 3.18 bits per heavy atom. The van der Waals surface area contributed by atoms with E-state index in [2.05, 4.69) is 29.6 Å². The van der Waals surface area contributed by atoms with Crippen molar-refractivity contribution < 1.29 is 0 Å². The first-order valence-electron chi connectivity index (χ1n) is 4.29. The summed E-state index contributed by atoms with van der Waals surface area (Å²) in [5.41, 5.74) is 3.10. The molecule has 0 amide bonds. The van der Waals surface area contributed by atoms with E-state index in [0.29, 0.717) is 6.04 Å². The largest absolute Gasteiger partial charge is 0.304 e. The molecule has 2 aliphatic rings. The van der Waals surface area contributed by atoms with Crippen LogP contribution in [-0.4, -0.2) is 6.04 Å². The van der Waals surface area contributed by atoms with Crippen LogP contribution >= 0.6 is 0 Å². The lowest BCUT2D eigenvalue weighted by molar-refractivity contribution is 0.745. The van der Waals surface area contributed by atoms with Gasteiger partial charge in [-0.25, -0.2) is 0 Å². The van der Waals surface area contributed by atoms with Crippen LogP contribution in [0.15, 0.2) is 24.3 Å². The van der Waals surface area contributed by atoms with Crippen molar-refractivity contribution in [3.63, 3.8) is 0 Å². The predicted molar refractivity (Wildman–Crippen MR) is 44.4 cm³/mol. The third-order valence-electron chi connectivity index (χ3n) is 2.80. The molecule has 1 N–H and O–H groups in total. The van der Waals surface area contributed by atoms with E-state index in [4.69, 9.17) is 0 Å². The number of nitrogens with one attached hydrogen (secondary N) is 1. The molecule has 1 aromatic carbocycles. The minimum atomic E-state index is 0.708. The third-order valence-corrected chi connectivity index (χ3v) is 2.80. The van der Waals surface area contributed by atoms with Crippen LogP contribution in [0.2, 0.25) is 0 Å². The van der Waals surface area contributed by atoms with E-state index in [1.54, 1.807) is 11.1 Å². The van der Waals surface area contributed by atoms with Crippen LogP contribution in [0, 0.1) is 0 Å². The molecule has 11 heavy (non-hydrogen) atoms. The third kappa shape index (κ3) is 0.746. The number of fused-ring (bicyclic) bond motifs is 3. The van der Waals surface area contributed by atoms with Gasteiger partial charge in [0.1, 0.15) is 0 Å². The van der Waals surface area contributed by atoms with Gasteiger partial charge in [-0.1, -0.05) is 24.3 Å². The maximum Gasteiger partial charge on any atom is 0.0481 e. The first-order chi connectivity index (χ1) is 5.45. The van der Waals surface area contributed by atoms with E-state index in [1.165, 1.54) is 12.8 Å². The van der Waals surface area contributed by atoms with E-state index >= 15 is 0 Å². The Morgan fingerprint density at radius 2 is 2.18 bits per heavy atom. The van der Waals surface area contributed by atoms with E-state index < -0.39 is 0 Å². The van der Waals surface area contributed by atoms with Crippen LogP contribution in [-0.2, 0) is 6.42 Å². The summed E-state index contributed by atoms with van der Waals surface area (Å²) in [5.74, 6) is 0. The van der Waals surface area contributed by atoms with Gasteiger partial charge in [0.25, 0.3) is 0 Å². The van der Waals surface area contributed by atoms with Crippen molar-refractivity contribution in [3.05, 3.63) is 35.4 Å². The molecule has 0 unspecified atom stereocenters. The summed E-state index contributed by atoms with van der Waals surface area (Å²) in [6.07, 6.45) is 2.60. The second-order valence-electron chi connectivity index (χ2n) is 3.49. The van der Waals surface area contributed by atoms with Crippen LogP contribution in [0.3, 0.4) is 0 Å². The van der Waals surface area contributed by atoms with Gasteiger partial charge in [0, 0.05) is 12.1 Å². The van der Waals surface area contributed by atoms with Crippen molar-refractivity contribution in [3.8, 4) is 0 Å². The monoisotopic (exact) mass is 145 g/mol. The van der Waals surface area contributed by atoms with Crippen molar-refractivity contribution in [1.82, 2.24) is 5.32 Å². The summed E-state index contributed by atoms with van der Waals surface area (Å²) in [4.78, 5) is 0. The van der Waals surface area contributed by atoms with Crippen LogP contribution in [0.5, 0.6) is 0 Å².